The van der Waals surface area contributed by atoms with Crippen molar-refractivity contribution in [3.8, 4) is 5.75 Å². The molecule has 156 valence electrons. The molecule has 0 aliphatic heterocycles. The van der Waals surface area contributed by atoms with E-state index >= 15 is 0 Å². The summed E-state index contributed by atoms with van der Waals surface area (Å²) in [6.45, 7) is 4.32. The van der Waals surface area contributed by atoms with Gasteiger partial charge in [-0.05, 0) is 73.5 Å². The standard InChI is InChI=1S/C23H21BrCl2N2O2/c1-14-3-6-19(11-20(14)26)28-23(29)13-30-22-8-5-18(25)10-16(22)12-27-21-7-4-17(24)9-15(21)2/h3-11,27H,12-13H2,1-2H3,(H,28,29). The fourth-order valence-corrected chi connectivity index (χ4v) is 3.70. The average molecular weight is 508 g/mol. The van der Waals surface area contributed by atoms with Crippen LogP contribution in [0.2, 0.25) is 10.0 Å². The van der Waals surface area contributed by atoms with Crippen molar-refractivity contribution in [3.63, 3.8) is 0 Å². The third-order valence-corrected chi connectivity index (χ3v) is 5.63. The zero-order chi connectivity index (χ0) is 21.7. The minimum Gasteiger partial charge on any atom is -0.483 e. The van der Waals surface area contributed by atoms with Gasteiger partial charge in [0, 0.05) is 38.0 Å². The lowest BCUT2D eigenvalue weighted by atomic mass is 10.1. The van der Waals surface area contributed by atoms with Gasteiger partial charge in [-0.3, -0.25) is 4.79 Å². The Morgan fingerprint density at radius 2 is 1.80 bits per heavy atom. The molecule has 0 aliphatic rings. The Morgan fingerprint density at radius 3 is 2.53 bits per heavy atom. The Kier molecular flexibility index (Phi) is 7.64. The molecule has 0 radical (unpaired) electrons. The number of hydrogen-bond donors (Lipinski definition) is 2. The molecule has 2 N–H and O–H groups in total. The fourth-order valence-electron chi connectivity index (χ4n) is 2.85. The van der Waals surface area contributed by atoms with Crippen LogP contribution in [0.4, 0.5) is 11.4 Å². The molecule has 3 rings (SSSR count). The van der Waals surface area contributed by atoms with Crippen LogP contribution in [0.1, 0.15) is 16.7 Å². The Bertz CT molecular complexity index is 1070. The van der Waals surface area contributed by atoms with Crippen LogP contribution in [0.15, 0.2) is 59.1 Å². The summed E-state index contributed by atoms with van der Waals surface area (Å²) < 4.78 is 6.79. The second-order valence-electron chi connectivity index (χ2n) is 6.87. The lowest BCUT2D eigenvalue weighted by molar-refractivity contribution is -0.118. The van der Waals surface area contributed by atoms with Crippen molar-refractivity contribution in [3.05, 3.63) is 85.8 Å². The Morgan fingerprint density at radius 1 is 1.00 bits per heavy atom. The van der Waals surface area contributed by atoms with E-state index in [1.54, 1.807) is 24.3 Å². The van der Waals surface area contributed by atoms with Crippen molar-refractivity contribution in [1.29, 1.82) is 0 Å². The van der Waals surface area contributed by atoms with E-state index < -0.39 is 0 Å². The largest absolute Gasteiger partial charge is 0.483 e. The molecule has 0 fully saturated rings. The number of nitrogens with one attached hydrogen (secondary N) is 2. The molecule has 0 saturated carbocycles. The zero-order valence-electron chi connectivity index (χ0n) is 16.6. The number of carbonyl (C=O) groups excluding carboxylic acids is 1. The monoisotopic (exact) mass is 506 g/mol. The van der Waals surface area contributed by atoms with Crippen molar-refractivity contribution in [2.45, 2.75) is 20.4 Å². The van der Waals surface area contributed by atoms with E-state index in [-0.39, 0.29) is 12.5 Å². The number of halogens is 3. The summed E-state index contributed by atoms with van der Waals surface area (Å²) >= 11 is 15.7. The van der Waals surface area contributed by atoms with E-state index in [0.717, 1.165) is 26.9 Å². The highest BCUT2D eigenvalue weighted by atomic mass is 79.9. The van der Waals surface area contributed by atoms with Crippen LogP contribution in [0.25, 0.3) is 0 Å². The van der Waals surface area contributed by atoms with Gasteiger partial charge in [0.25, 0.3) is 5.91 Å². The summed E-state index contributed by atoms with van der Waals surface area (Å²) in [4.78, 5) is 12.3. The highest BCUT2D eigenvalue weighted by Gasteiger charge is 2.10. The zero-order valence-corrected chi connectivity index (χ0v) is 19.7. The Labute approximate surface area is 194 Å². The van der Waals surface area contributed by atoms with Crippen LogP contribution in [0, 0.1) is 13.8 Å². The van der Waals surface area contributed by atoms with Crippen molar-refractivity contribution < 1.29 is 9.53 Å². The maximum absolute atomic E-state index is 12.3. The van der Waals surface area contributed by atoms with Crippen LogP contribution >= 0.6 is 39.1 Å². The summed E-state index contributed by atoms with van der Waals surface area (Å²) in [6, 6.07) is 16.7. The van der Waals surface area contributed by atoms with Crippen LogP contribution in [0.3, 0.4) is 0 Å². The maximum Gasteiger partial charge on any atom is 0.262 e. The van der Waals surface area contributed by atoms with Gasteiger partial charge >= 0.3 is 0 Å². The van der Waals surface area contributed by atoms with Gasteiger partial charge in [-0.15, -0.1) is 0 Å². The summed E-state index contributed by atoms with van der Waals surface area (Å²) in [5.41, 5.74) is 4.56. The number of aryl methyl sites for hydroxylation is 2. The molecule has 3 aromatic carbocycles. The van der Waals surface area contributed by atoms with Gasteiger partial charge in [0.2, 0.25) is 0 Å². The molecule has 0 spiro atoms. The van der Waals surface area contributed by atoms with Crippen molar-refractivity contribution in [2.24, 2.45) is 0 Å². The van der Waals surface area contributed by atoms with Crippen molar-refractivity contribution in [1.82, 2.24) is 0 Å². The highest BCUT2D eigenvalue weighted by Crippen LogP contribution is 2.26. The van der Waals surface area contributed by atoms with Gasteiger partial charge in [-0.2, -0.15) is 0 Å². The number of carbonyl (C=O) groups is 1. The number of anilines is 2. The van der Waals surface area contributed by atoms with Crippen LogP contribution in [0.5, 0.6) is 5.75 Å². The van der Waals surface area contributed by atoms with Crippen molar-refractivity contribution in [2.75, 3.05) is 17.2 Å². The number of hydrogen-bond acceptors (Lipinski definition) is 3. The van der Waals surface area contributed by atoms with Gasteiger partial charge in [0.15, 0.2) is 6.61 Å². The summed E-state index contributed by atoms with van der Waals surface area (Å²) in [5, 5.41) is 7.38. The van der Waals surface area contributed by atoms with E-state index in [1.807, 2.05) is 44.2 Å². The first kappa shape index (κ1) is 22.5. The lowest BCUT2D eigenvalue weighted by Gasteiger charge is -2.15. The Balaban J connectivity index is 1.64. The van der Waals surface area contributed by atoms with Crippen LogP contribution in [-0.4, -0.2) is 12.5 Å². The van der Waals surface area contributed by atoms with Crippen LogP contribution < -0.4 is 15.4 Å². The van der Waals surface area contributed by atoms with Crippen LogP contribution in [-0.2, 0) is 11.3 Å². The normalized spacial score (nSPS) is 10.6. The molecule has 0 saturated heterocycles. The van der Waals surface area contributed by atoms with E-state index in [1.165, 1.54) is 0 Å². The summed E-state index contributed by atoms with van der Waals surface area (Å²) in [5.74, 6) is 0.325. The first-order chi connectivity index (χ1) is 14.3. The third kappa shape index (κ3) is 6.14. The minimum absolute atomic E-state index is 0.128. The topological polar surface area (TPSA) is 50.4 Å². The number of amides is 1. The molecule has 0 bridgehead atoms. The number of benzene rings is 3. The molecule has 0 unspecified atom stereocenters. The molecule has 30 heavy (non-hydrogen) atoms. The van der Waals surface area contributed by atoms with Gasteiger partial charge in [-0.1, -0.05) is 45.2 Å². The molecular formula is C23H21BrCl2N2O2. The maximum atomic E-state index is 12.3. The third-order valence-electron chi connectivity index (χ3n) is 4.49. The minimum atomic E-state index is -0.271. The number of rotatable bonds is 7. The first-order valence-corrected chi connectivity index (χ1v) is 10.8. The predicted octanol–water partition coefficient (Wildman–Crippen LogP) is 7.00. The van der Waals surface area contributed by atoms with E-state index in [2.05, 4.69) is 26.6 Å². The quantitative estimate of drug-likeness (QED) is 0.362. The highest BCUT2D eigenvalue weighted by molar-refractivity contribution is 9.10. The molecule has 7 heteroatoms. The second kappa shape index (κ2) is 10.2. The molecule has 0 aliphatic carbocycles. The average Bonchev–Trinajstić information content (AvgIpc) is 2.69. The summed E-state index contributed by atoms with van der Waals surface area (Å²) in [7, 11) is 0. The van der Waals surface area contributed by atoms with Gasteiger partial charge in [-0.25, -0.2) is 0 Å². The van der Waals surface area contributed by atoms with E-state index in [9.17, 15) is 4.79 Å². The number of ether oxygens (including phenoxy) is 1. The summed E-state index contributed by atoms with van der Waals surface area (Å²) in [6.07, 6.45) is 0. The molecule has 0 atom stereocenters. The van der Waals surface area contributed by atoms with Crippen molar-refractivity contribution >= 4 is 56.4 Å². The van der Waals surface area contributed by atoms with E-state index in [0.29, 0.717) is 28.0 Å². The van der Waals surface area contributed by atoms with Gasteiger partial charge in [0.1, 0.15) is 5.75 Å². The smallest absolute Gasteiger partial charge is 0.262 e. The van der Waals surface area contributed by atoms with Gasteiger partial charge < -0.3 is 15.4 Å². The van der Waals surface area contributed by atoms with E-state index in [4.69, 9.17) is 27.9 Å². The SMILES string of the molecule is Cc1ccc(NC(=O)COc2ccc(Cl)cc2CNc2ccc(Br)cc2C)cc1Cl. The molecule has 3 aromatic rings. The van der Waals surface area contributed by atoms with Gasteiger partial charge in [0.05, 0.1) is 0 Å². The Hall–Kier alpha value is -2.21. The molecule has 1 amide bonds. The molecule has 0 aromatic heterocycles. The molecule has 4 nitrogen and oxygen atoms in total. The molecule has 0 heterocycles. The lowest BCUT2D eigenvalue weighted by Crippen LogP contribution is -2.20. The first-order valence-electron chi connectivity index (χ1n) is 9.29. The molecular weight excluding hydrogens is 487 g/mol. The predicted molar refractivity (Wildman–Crippen MR) is 128 cm³/mol. The second-order valence-corrected chi connectivity index (χ2v) is 8.62. The fraction of sp³-hybridized carbons (Fsp3) is 0.174.